The molecule has 0 spiro atoms. The minimum absolute atomic E-state index is 0.111. The number of benzene rings is 1. The van der Waals surface area contributed by atoms with E-state index in [-0.39, 0.29) is 5.56 Å². The monoisotopic (exact) mass is 369 g/mol. The van der Waals surface area contributed by atoms with Crippen molar-refractivity contribution >= 4 is 23.2 Å². The molecule has 132 valence electrons. The Labute approximate surface area is 145 Å². The topological polar surface area (TPSA) is 71.1 Å². The van der Waals surface area contributed by atoms with Crippen LogP contribution in [0.15, 0.2) is 29.8 Å². The van der Waals surface area contributed by atoms with Gasteiger partial charge in [0.1, 0.15) is 4.88 Å². The lowest BCUT2D eigenvalue weighted by Gasteiger charge is -2.12. The van der Waals surface area contributed by atoms with Gasteiger partial charge >= 0.3 is 6.18 Å². The molecule has 1 aromatic carbocycles. The maximum atomic E-state index is 13.1. The van der Waals surface area contributed by atoms with Crippen LogP contribution in [0.3, 0.4) is 0 Å². The van der Waals surface area contributed by atoms with Crippen LogP contribution < -0.4 is 10.9 Å². The summed E-state index contributed by atoms with van der Waals surface area (Å²) >= 11 is 1.14. The number of aromatic nitrogens is 1. The Morgan fingerprint density at radius 2 is 1.96 bits per heavy atom. The van der Waals surface area contributed by atoms with Crippen LogP contribution in [0.1, 0.15) is 38.8 Å². The van der Waals surface area contributed by atoms with Gasteiger partial charge in [0.05, 0.1) is 16.8 Å². The predicted molar refractivity (Wildman–Crippen MR) is 84.8 cm³/mol. The number of alkyl halides is 3. The summed E-state index contributed by atoms with van der Waals surface area (Å²) in [6.45, 7) is 1.66. The maximum Gasteiger partial charge on any atom is 0.416 e. The predicted octanol–water partition coefficient (Wildman–Crippen LogP) is 3.04. The van der Waals surface area contributed by atoms with Gasteiger partial charge in [-0.25, -0.2) is 4.98 Å². The van der Waals surface area contributed by atoms with E-state index in [2.05, 4.69) is 15.8 Å². The van der Waals surface area contributed by atoms with Crippen molar-refractivity contribution in [3.05, 3.63) is 51.5 Å². The Morgan fingerprint density at radius 1 is 1.24 bits per heavy atom. The molecule has 0 unspecified atom stereocenters. The van der Waals surface area contributed by atoms with E-state index in [1.807, 2.05) is 0 Å². The number of aryl methyl sites for hydroxylation is 1. The minimum Gasteiger partial charge on any atom is -0.273 e. The number of amides is 2. The van der Waals surface area contributed by atoms with Crippen molar-refractivity contribution < 1.29 is 22.8 Å². The highest BCUT2D eigenvalue weighted by Crippen LogP contribution is 2.50. The lowest BCUT2D eigenvalue weighted by atomic mass is 10.0. The van der Waals surface area contributed by atoms with E-state index in [0.717, 1.165) is 17.4 Å². The van der Waals surface area contributed by atoms with Gasteiger partial charge in [0.15, 0.2) is 0 Å². The van der Waals surface area contributed by atoms with E-state index < -0.39 is 35.4 Å². The van der Waals surface area contributed by atoms with E-state index in [0.29, 0.717) is 17.0 Å². The Bertz CT molecular complexity index is 819. The molecular weight excluding hydrogens is 355 g/mol. The zero-order valence-electron chi connectivity index (χ0n) is 13.1. The molecule has 2 N–H and O–H groups in total. The number of hydrogen-bond acceptors (Lipinski definition) is 4. The van der Waals surface area contributed by atoms with Crippen LogP contribution in [0.2, 0.25) is 0 Å². The maximum absolute atomic E-state index is 13.1. The molecule has 0 saturated heterocycles. The van der Waals surface area contributed by atoms with Crippen molar-refractivity contribution in [3.63, 3.8) is 0 Å². The molecule has 9 heteroatoms. The van der Waals surface area contributed by atoms with Gasteiger partial charge < -0.3 is 0 Å². The fourth-order valence-electron chi connectivity index (χ4n) is 2.69. The van der Waals surface area contributed by atoms with E-state index >= 15 is 0 Å². The van der Waals surface area contributed by atoms with Gasteiger partial charge in [-0.1, -0.05) is 18.2 Å². The van der Waals surface area contributed by atoms with Gasteiger partial charge in [0.25, 0.3) is 5.91 Å². The summed E-state index contributed by atoms with van der Waals surface area (Å²) in [6, 6.07) is 5.24. The molecule has 0 bridgehead atoms. The first-order valence-electron chi connectivity index (χ1n) is 7.45. The molecule has 2 atom stereocenters. The number of nitrogens with one attached hydrogen (secondary N) is 2. The van der Waals surface area contributed by atoms with Gasteiger partial charge in [-0.15, -0.1) is 11.3 Å². The average molecular weight is 369 g/mol. The number of thiazole rings is 1. The molecule has 2 amide bonds. The number of hydrazine groups is 1. The van der Waals surface area contributed by atoms with Crippen LogP contribution in [-0.4, -0.2) is 16.8 Å². The van der Waals surface area contributed by atoms with Gasteiger partial charge in [0, 0.05) is 5.92 Å². The first-order chi connectivity index (χ1) is 11.8. The lowest BCUT2D eigenvalue weighted by Crippen LogP contribution is -2.42. The van der Waals surface area contributed by atoms with Crippen LogP contribution in [0.25, 0.3) is 0 Å². The highest BCUT2D eigenvalue weighted by molar-refractivity contribution is 7.11. The van der Waals surface area contributed by atoms with Crippen LogP contribution in [0.5, 0.6) is 0 Å². The smallest absolute Gasteiger partial charge is 0.273 e. The fourth-order valence-corrected chi connectivity index (χ4v) is 3.39. The molecule has 0 radical (unpaired) electrons. The summed E-state index contributed by atoms with van der Waals surface area (Å²) in [5.74, 6) is -2.09. The molecular formula is C16H14F3N3O2S. The third kappa shape index (κ3) is 3.65. The standard InChI is InChI=1S/C16H14F3N3O2S/c1-8-13(25-7-20-8)15(24)22-21-14(23)11-6-10(11)9-4-2-3-5-12(9)16(17,18)19/h2-5,7,10-11H,6H2,1H3,(H,21,23)(H,22,24)/t10-,11+/m1/s1. The van der Waals surface area contributed by atoms with E-state index in [1.54, 1.807) is 6.92 Å². The Balaban J connectivity index is 1.62. The molecule has 1 aliphatic carbocycles. The second-order valence-corrected chi connectivity index (χ2v) is 6.60. The van der Waals surface area contributed by atoms with Crippen molar-refractivity contribution in [1.29, 1.82) is 0 Å². The summed E-state index contributed by atoms with van der Waals surface area (Å²) in [4.78, 5) is 28.3. The number of nitrogens with zero attached hydrogens (tertiary/aromatic N) is 1. The largest absolute Gasteiger partial charge is 0.416 e. The Kier molecular flexibility index (Phi) is 4.51. The third-order valence-corrected chi connectivity index (χ3v) is 4.97. The zero-order valence-corrected chi connectivity index (χ0v) is 13.9. The molecule has 5 nitrogen and oxygen atoms in total. The van der Waals surface area contributed by atoms with Crippen LogP contribution >= 0.6 is 11.3 Å². The third-order valence-electron chi connectivity index (χ3n) is 4.04. The number of carbonyl (C=O) groups is 2. The van der Waals surface area contributed by atoms with E-state index in [9.17, 15) is 22.8 Å². The number of halogens is 3. The molecule has 1 saturated carbocycles. The van der Waals surface area contributed by atoms with E-state index in [1.165, 1.54) is 23.7 Å². The van der Waals surface area contributed by atoms with Crippen LogP contribution in [0, 0.1) is 12.8 Å². The SMILES string of the molecule is Cc1ncsc1C(=O)NNC(=O)[C@H]1C[C@@H]1c1ccccc1C(F)(F)F. The minimum atomic E-state index is -4.46. The first kappa shape index (κ1) is 17.4. The van der Waals surface area contributed by atoms with Gasteiger partial charge in [-0.2, -0.15) is 13.2 Å². The summed E-state index contributed by atoms with van der Waals surface area (Å²) in [7, 11) is 0. The molecule has 2 aromatic rings. The quantitative estimate of drug-likeness (QED) is 0.817. The molecule has 1 aromatic heterocycles. The highest BCUT2D eigenvalue weighted by Gasteiger charge is 2.47. The van der Waals surface area contributed by atoms with Crippen molar-refractivity contribution in [3.8, 4) is 0 Å². The lowest BCUT2D eigenvalue weighted by molar-refractivity contribution is -0.138. The normalized spacial score (nSPS) is 19.4. The van der Waals surface area contributed by atoms with Crippen molar-refractivity contribution in [2.75, 3.05) is 0 Å². The molecule has 1 fully saturated rings. The first-order valence-corrected chi connectivity index (χ1v) is 8.33. The second-order valence-electron chi connectivity index (χ2n) is 5.74. The van der Waals surface area contributed by atoms with Gasteiger partial charge in [-0.3, -0.25) is 20.4 Å². The van der Waals surface area contributed by atoms with Crippen LogP contribution in [0.4, 0.5) is 13.2 Å². The highest BCUT2D eigenvalue weighted by atomic mass is 32.1. The van der Waals surface area contributed by atoms with Crippen molar-refractivity contribution in [1.82, 2.24) is 15.8 Å². The molecule has 1 aliphatic rings. The Hall–Kier alpha value is -2.42. The fraction of sp³-hybridized carbons (Fsp3) is 0.312. The molecule has 25 heavy (non-hydrogen) atoms. The molecule has 0 aliphatic heterocycles. The number of hydrogen-bond donors (Lipinski definition) is 2. The number of carbonyl (C=O) groups excluding carboxylic acids is 2. The number of rotatable bonds is 3. The molecule has 1 heterocycles. The van der Waals surface area contributed by atoms with Gasteiger partial charge in [-0.05, 0) is 30.9 Å². The van der Waals surface area contributed by atoms with Gasteiger partial charge in [0.2, 0.25) is 5.91 Å². The average Bonchev–Trinajstić information content (AvgIpc) is 3.25. The molecule has 3 rings (SSSR count). The summed E-state index contributed by atoms with van der Waals surface area (Å²) < 4.78 is 39.2. The van der Waals surface area contributed by atoms with Crippen LogP contribution in [-0.2, 0) is 11.0 Å². The zero-order chi connectivity index (χ0) is 18.2. The summed E-state index contributed by atoms with van der Waals surface area (Å²) in [5, 5.41) is 0. The van der Waals surface area contributed by atoms with E-state index in [4.69, 9.17) is 0 Å². The summed E-state index contributed by atoms with van der Waals surface area (Å²) in [5.41, 5.74) is 5.99. The second kappa shape index (κ2) is 6.47. The van der Waals surface area contributed by atoms with Crippen molar-refractivity contribution in [2.24, 2.45) is 5.92 Å². The Morgan fingerprint density at radius 3 is 2.60 bits per heavy atom. The van der Waals surface area contributed by atoms with Crippen molar-refractivity contribution in [2.45, 2.75) is 25.4 Å². The summed E-state index contributed by atoms with van der Waals surface area (Å²) in [6.07, 6.45) is -4.15.